The molecule has 1 heterocycles. The highest BCUT2D eigenvalue weighted by Crippen LogP contribution is 2.42. The third kappa shape index (κ3) is 2.85. The van der Waals surface area contributed by atoms with Crippen LogP contribution in [0.5, 0.6) is 5.75 Å². The average Bonchev–Trinajstić information content (AvgIpc) is 3.01. The molecule has 2 N–H and O–H groups in total. The standard InChI is InChI=1S/C17H26N4O/c1-7-16(3,4)11-9-12(15-18-20-21-19-15)14(22)13(10-11)17(5,6)8-2/h9-10,22H,7-8H2,1-6H3,(H,18,19,20,21). The zero-order chi connectivity index (χ0) is 16.5. The average molecular weight is 302 g/mol. The lowest BCUT2D eigenvalue weighted by Gasteiger charge is -2.30. The van der Waals surface area contributed by atoms with Gasteiger partial charge in [-0.15, -0.1) is 10.2 Å². The van der Waals surface area contributed by atoms with E-state index in [2.05, 4.69) is 68.2 Å². The lowest BCUT2D eigenvalue weighted by molar-refractivity contribution is 0.426. The highest BCUT2D eigenvalue weighted by Gasteiger charge is 2.29. The van der Waals surface area contributed by atoms with Crippen molar-refractivity contribution in [3.8, 4) is 17.1 Å². The molecule has 5 heteroatoms. The molecule has 2 aromatic rings. The van der Waals surface area contributed by atoms with Crippen LogP contribution in [0.1, 0.15) is 65.5 Å². The van der Waals surface area contributed by atoms with Gasteiger partial charge in [0.15, 0.2) is 0 Å². The summed E-state index contributed by atoms with van der Waals surface area (Å²) in [4.78, 5) is 0. The van der Waals surface area contributed by atoms with Crippen molar-refractivity contribution in [2.45, 2.75) is 65.2 Å². The number of hydrogen-bond donors (Lipinski definition) is 2. The molecule has 0 aliphatic heterocycles. The number of phenolic OH excluding ortho intramolecular Hbond substituents is 1. The van der Waals surface area contributed by atoms with Crippen LogP contribution in [0.15, 0.2) is 12.1 Å². The lowest BCUT2D eigenvalue weighted by Crippen LogP contribution is -2.20. The summed E-state index contributed by atoms with van der Waals surface area (Å²) in [7, 11) is 0. The molecule has 0 aliphatic carbocycles. The van der Waals surface area contributed by atoms with E-state index in [-0.39, 0.29) is 16.6 Å². The molecule has 5 nitrogen and oxygen atoms in total. The van der Waals surface area contributed by atoms with Gasteiger partial charge >= 0.3 is 0 Å². The predicted octanol–water partition coefficient (Wildman–Crippen LogP) is 3.95. The number of hydrogen-bond acceptors (Lipinski definition) is 4. The maximum absolute atomic E-state index is 10.8. The van der Waals surface area contributed by atoms with Crippen molar-refractivity contribution in [2.24, 2.45) is 0 Å². The minimum Gasteiger partial charge on any atom is -0.507 e. The molecule has 0 unspecified atom stereocenters. The number of rotatable bonds is 5. The maximum Gasteiger partial charge on any atom is 0.208 e. The second kappa shape index (κ2) is 5.71. The van der Waals surface area contributed by atoms with Crippen LogP contribution in [0.25, 0.3) is 11.4 Å². The fourth-order valence-corrected chi connectivity index (χ4v) is 2.38. The van der Waals surface area contributed by atoms with Gasteiger partial charge in [-0.2, -0.15) is 5.21 Å². The second-order valence-electron chi connectivity index (χ2n) is 7.13. The Morgan fingerprint density at radius 3 is 2.18 bits per heavy atom. The second-order valence-corrected chi connectivity index (χ2v) is 7.13. The predicted molar refractivity (Wildman–Crippen MR) is 87.9 cm³/mol. The van der Waals surface area contributed by atoms with Gasteiger partial charge in [-0.05, 0) is 40.5 Å². The van der Waals surface area contributed by atoms with Gasteiger partial charge in [-0.25, -0.2) is 0 Å². The molecule has 0 bridgehead atoms. The summed E-state index contributed by atoms with van der Waals surface area (Å²) < 4.78 is 0. The maximum atomic E-state index is 10.8. The van der Waals surface area contributed by atoms with E-state index < -0.39 is 0 Å². The van der Waals surface area contributed by atoms with Crippen LogP contribution in [-0.2, 0) is 10.8 Å². The summed E-state index contributed by atoms with van der Waals surface area (Å²) in [6.45, 7) is 13.0. The van der Waals surface area contributed by atoms with Gasteiger partial charge in [0.1, 0.15) is 5.75 Å². The van der Waals surface area contributed by atoms with Crippen LogP contribution in [0, 0.1) is 0 Å². The lowest BCUT2D eigenvalue weighted by atomic mass is 9.75. The molecule has 120 valence electrons. The van der Waals surface area contributed by atoms with Crippen LogP contribution in [0.3, 0.4) is 0 Å². The minimum atomic E-state index is -0.123. The molecule has 0 spiro atoms. The molecule has 1 aromatic heterocycles. The first-order valence-corrected chi connectivity index (χ1v) is 7.84. The van der Waals surface area contributed by atoms with Gasteiger partial charge < -0.3 is 5.11 Å². The topological polar surface area (TPSA) is 74.7 Å². The van der Waals surface area contributed by atoms with Crippen LogP contribution in [0.2, 0.25) is 0 Å². The Hall–Kier alpha value is -1.91. The minimum absolute atomic E-state index is 0.0186. The quantitative estimate of drug-likeness (QED) is 0.877. The fraction of sp³-hybridized carbons (Fsp3) is 0.588. The summed E-state index contributed by atoms with van der Waals surface area (Å²) in [6.07, 6.45) is 1.94. The number of benzene rings is 1. The van der Waals surface area contributed by atoms with Gasteiger partial charge in [0, 0.05) is 5.56 Å². The Bertz CT molecular complexity index is 645. The van der Waals surface area contributed by atoms with E-state index >= 15 is 0 Å². The first kappa shape index (κ1) is 16.5. The van der Waals surface area contributed by atoms with Crippen molar-refractivity contribution in [1.82, 2.24) is 20.6 Å². The summed E-state index contributed by atoms with van der Waals surface area (Å²) in [5, 5.41) is 24.9. The van der Waals surface area contributed by atoms with Crippen molar-refractivity contribution in [1.29, 1.82) is 0 Å². The van der Waals surface area contributed by atoms with Crippen LogP contribution in [0.4, 0.5) is 0 Å². The Labute approximate surface area is 132 Å². The smallest absolute Gasteiger partial charge is 0.208 e. The van der Waals surface area contributed by atoms with E-state index in [9.17, 15) is 5.11 Å². The first-order valence-electron chi connectivity index (χ1n) is 7.84. The first-order chi connectivity index (χ1) is 10.2. The molecule has 0 fully saturated rings. The molecule has 2 rings (SSSR count). The molecule has 0 saturated carbocycles. The number of phenols is 1. The summed E-state index contributed by atoms with van der Waals surface area (Å²) >= 11 is 0. The van der Waals surface area contributed by atoms with E-state index in [1.54, 1.807) is 0 Å². The number of aromatic nitrogens is 4. The van der Waals surface area contributed by atoms with Crippen molar-refractivity contribution < 1.29 is 5.11 Å². The Morgan fingerprint density at radius 1 is 1.05 bits per heavy atom. The largest absolute Gasteiger partial charge is 0.507 e. The van der Waals surface area contributed by atoms with Crippen LogP contribution >= 0.6 is 0 Å². The highest BCUT2D eigenvalue weighted by molar-refractivity contribution is 5.68. The van der Waals surface area contributed by atoms with Crippen molar-refractivity contribution in [3.63, 3.8) is 0 Å². The normalized spacial score (nSPS) is 12.6. The Kier molecular flexibility index (Phi) is 4.27. The Balaban J connectivity index is 2.74. The molecule has 0 aliphatic rings. The van der Waals surface area contributed by atoms with Crippen molar-refractivity contribution >= 4 is 0 Å². The van der Waals surface area contributed by atoms with Gasteiger partial charge in [0.2, 0.25) is 5.82 Å². The number of nitrogens with zero attached hydrogens (tertiary/aromatic N) is 3. The highest BCUT2D eigenvalue weighted by atomic mass is 16.3. The number of aromatic hydroxyl groups is 1. The van der Waals surface area contributed by atoms with E-state index in [1.807, 2.05) is 6.07 Å². The fourth-order valence-electron chi connectivity index (χ4n) is 2.38. The van der Waals surface area contributed by atoms with Crippen LogP contribution in [-0.4, -0.2) is 25.7 Å². The zero-order valence-electron chi connectivity index (χ0n) is 14.4. The molecule has 0 amide bonds. The summed E-state index contributed by atoms with van der Waals surface area (Å²) in [5.74, 6) is 0.684. The summed E-state index contributed by atoms with van der Waals surface area (Å²) in [5.41, 5.74) is 2.66. The van der Waals surface area contributed by atoms with Crippen molar-refractivity contribution in [3.05, 3.63) is 23.3 Å². The van der Waals surface area contributed by atoms with E-state index in [0.717, 1.165) is 18.4 Å². The third-order valence-corrected chi connectivity index (χ3v) is 4.97. The SMILES string of the molecule is CCC(C)(C)c1cc(-c2nn[nH]n2)c(O)c(C(C)(C)CC)c1. The van der Waals surface area contributed by atoms with Gasteiger partial charge in [-0.3, -0.25) is 0 Å². The molecule has 0 radical (unpaired) electrons. The monoisotopic (exact) mass is 302 g/mol. The van der Waals surface area contributed by atoms with Crippen molar-refractivity contribution in [2.75, 3.05) is 0 Å². The van der Waals surface area contributed by atoms with E-state index in [4.69, 9.17) is 0 Å². The molecular formula is C17H26N4O. The third-order valence-electron chi connectivity index (χ3n) is 4.97. The van der Waals surface area contributed by atoms with Gasteiger partial charge in [-0.1, -0.05) is 47.6 Å². The molecule has 0 atom stereocenters. The summed E-state index contributed by atoms with van der Waals surface area (Å²) in [6, 6.07) is 4.12. The molecular weight excluding hydrogens is 276 g/mol. The number of H-pyrrole nitrogens is 1. The Morgan fingerprint density at radius 2 is 1.68 bits per heavy atom. The zero-order valence-corrected chi connectivity index (χ0v) is 14.4. The van der Waals surface area contributed by atoms with Gasteiger partial charge in [0.25, 0.3) is 0 Å². The van der Waals surface area contributed by atoms with Gasteiger partial charge in [0.05, 0.1) is 5.56 Å². The number of tetrazole rings is 1. The molecule has 22 heavy (non-hydrogen) atoms. The molecule has 0 saturated heterocycles. The number of nitrogens with one attached hydrogen (secondary N) is 1. The molecule has 1 aromatic carbocycles. The van der Waals surface area contributed by atoms with E-state index in [1.165, 1.54) is 5.56 Å². The van der Waals surface area contributed by atoms with E-state index in [0.29, 0.717) is 11.4 Å². The van der Waals surface area contributed by atoms with Crippen LogP contribution < -0.4 is 0 Å². The number of aromatic amines is 1.